The number of hydrogen-bond acceptors (Lipinski definition) is 7. The summed E-state index contributed by atoms with van der Waals surface area (Å²) in [6.45, 7) is 5.96. The van der Waals surface area contributed by atoms with E-state index in [9.17, 15) is 4.79 Å². The third-order valence-corrected chi connectivity index (χ3v) is 4.07. The molecule has 0 aliphatic rings. The highest BCUT2D eigenvalue weighted by Crippen LogP contribution is 2.19. The molecule has 3 rings (SSSR count). The second-order valence-electron chi connectivity index (χ2n) is 7.87. The largest absolute Gasteiger partial charge is 0.444 e. The van der Waals surface area contributed by atoms with Crippen LogP contribution in [0.25, 0.3) is 11.4 Å². The molecule has 2 heterocycles. The zero-order valence-corrected chi connectivity index (χ0v) is 18.3. The number of nitrogens with zero attached hydrogens (tertiary/aromatic N) is 4. The Bertz CT molecular complexity index is 1170. The Morgan fingerprint density at radius 2 is 2.06 bits per heavy atom. The number of benzene rings is 1. The lowest BCUT2D eigenvalue weighted by atomic mass is 10.1. The molecule has 0 unspecified atom stereocenters. The van der Waals surface area contributed by atoms with Gasteiger partial charge >= 0.3 is 6.09 Å². The zero-order chi connectivity index (χ0) is 23.7. The number of amides is 1. The first-order chi connectivity index (χ1) is 15.8. The Kier molecular flexibility index (Phi) is 6.88. The molecule has 0 saturated carbocycles. The van der Waals surface area contributed by atoms with Gasteiger partial charge in [-0.1, -0.05) is 18.1 Å². The second kappa shape index (κ2) is 10.4. The Labute approximate surface area is 189 Å². The molecule has 3 aromatic rings. The summed E-state index contributed by atoms with van der Waals surface area (Å²) in [5, 5.41) is 5.95. The first-order valence-electron chi connectivity index (χ1n) is 10.8. The van der Waals surface area contributed by atoms with Gasteiger partial charge in [-0.05, 0) is 69.8 Å². The molecule has 164 valence electrons. The van der Waals surface area contributed by atoms with Crippen LogP contribution < -0.4 is 10.6 Å². The molecule has 0 saturated heterocycles. The number of carbonyl (C=O) groups is 1. The summed E-state index contributed by atoms with van der Waals surface area (Å²) < 4.78 is 12.4. The van der Waals surface area contributed by atoms with E-state index < -0.39 is 11.7 Å². The molecule has 0 aliphatic heterocycles. The molecule has 0 spiro atoms. The highest BCUT2D eigenvalue weighted by molar-refractivity contribution is 5.67. The van der Waals surface area contributed by atoms with E-state index in [1.54, 1.807) is 18.3 Å². The molecule has 0 bridgehead atoms. The molecule has 1 aromatic carbocycles. The van der Waals surface area contributed by atoms with E-state index in [1.807, 2.05) is 45.0 Å². The number of pyridine rings is 1. The molecule has 8 nitrogen and oxygen atoms in total. The van der Waals surface area contributed by atoms with Crippen LogP contribution in [0.4, 0.5) is 16.4 Å². The number of aromatic nitrogens is 4. The molecular formula is C24H26N6O2. The molecule has 2 aromatic heterocycles. The van der Waals surface area contributed by atoms with Crippen molar-refractivity contribution in [2.24, 2.45) is 0 Å². The number of nitrogens with one attached hydrogen (secondary N) is 2. The monoisotopic (exact) mass is 431 g/mol. The topological polar surface area (TPSA) is 102 Å². The first kappa shape index (κ1) is 21.2. The number of carbonyl (C=O) groups excluding carboxylic acids is 1. The number of alkyl carbamates (subject to hydrolysis) is 1. The van der Waals surface area contributed by atoms with Crippen molar-refractivity contribution in [2.75, 3.05) is 11.9 Å². The van der Waals surface area contributed by atoms with E-state index in [2.05, 4.69) is 42.4 Å². The van der Waals surface area contributed by atoms with Crippen LogP contribution in [0, 0.1) is 11.8 Å². The van der Waals surface area contributed by atoms with Crippen molar-refractivity contribution in [1.29, 1.82) is 0 Å². The van der Waals surface area contributed by atoms with Crippen LogP contribution in [-0.2, 0) is 11.2 Å². The van der Waals surface area contributed by atoms with Crippen LogP contribution >= 0.6 is 0 Å². The van der Waals surface area contributed by atoms with Gasteiger partial charge in [-0.3, -0.25) is 0 Å². The van der Waals surface area contributed by atoms with Gasteiger partial charge in [-0.2, -0.15) is 4.98 Å². The average molecular weight is 432 g/mol. The number of hydrogen-bond donors (Lipinski definition) is 2. The van der Waals surface area contributed by atoms with Gasteiger partial charge in [0, 0.05) is 25.4 Å². The van der Waals surface area contributed by atoms with Gasteiger partial charge < -0.3 is 15.4 Å². The van der Waals surface area contributed by atoms with E-state index in [0.29, 0.717) is 30.4 Å². The van der Waals surface area contributed by atoms with Crippen molar-refractivity contribution in [3.05, 3.63) is 60.2 Å². The van der Waals surface area contributed by atoms with Crippen LogP contribution in [0.2, 0.25) is 0 Å². The van der Waals surface area contributed by atoms with Gasteiger partial charge in [-0.25, -0.2) is 19.7 Å². The number of ether oxygens (including phenoxy) is 1. The van der Waals surface area contributed by atoms with Gasteiger partial charge in [0.15, 0.2) is 5.82 Å². The summed E-state index contributed by atoms with van der Waals surface area (Å²) in [6, 6.07) is 11.4. The van der Waals surface area contributed by atoms with Crippen LogP contribution in [0.1, 0.15) is 40.3 Å². The highest BCUT2D eigenvalue weighted by atomic mass is 16.6. The Balaban J connectivity index is 1.64. The molecule has 0 radical (unpaired) electrons. The van der Waals surface area contributed by atoms with Gasteiger partial charge in [0.2, 0.25) is 5.95 Å². The van der Waals surface area contributed by atoms with Crippen molar-refractivity contribution in [2.45, 2.75) is 39.7 Å². The maximum Gasteiger partial charge on any atom is 0.407 e. The third kappa shape index (κ3) is 7.06. The summed E-state index contributed by atoms with van der Waals surface area (Å²) in [5.74, 6) is 6.40. The lowest BCUT2D eigenvalue weighted by Gasteiger charge is -2.19. The van der Waals surface area contributed by atoms with Crippen molar-refractivity contribution >= 4 is 17.7 Å². The fourth-order valence-electron chi connectivity index (χ4n) is 2.78. The van der Waals surface area contributed by atoms with Crippen molar-refractivity contribution in [1.82, 2.24) is 25.3 Å². The van der Waals surface area contributed by atoms with Gasteiger partial charge in [0.05, 0.1) is 0 Å². The summed E-state index contributed by atoms with van der Waals surface area (Å²) in [6.07, 6.45) is 3.29. The van der Waals surface area contributed by atoms with Crippen LogP contribution in [-0.4, -0.2) is 38.2 Å². The fourth-order valence-corrected chi connectivity index (χ4v) is 2.78. The Hall–Kier alpha value is -3.99. The molecule has 2 N–H and O–H groups in total. The van der Waals surface area contributed by atoms with Gasteiger partial charge in [0.1, 0.15) is 17.6 Å². The third-order valence-electron chi connectivity index (χ3n) is 4.07. The van der Waals surface area contributed by atoms with Gasteiger partial charge in [0.25, 0.3) is 0 Å². The predicted molar refractivity (Wildman–Crippen MR) is 123 cm³/mol. The Morgan fingerprint density at radius 1 is 1.19 bits per heavy atom. The summed E-state index contributed by atoms with van der Waals surface area (Å²) >= 11 is 0. The molecular weight excluding hydrogens is 404 g/mol. The molecule has 1 amide bonds. The van der Waals surface area contributed by atoms with Crippen LogP contribution in [0.5, 0.6) is 0 Å². The first-order valence-corrected chi connectivity index (χ1v) is 10.1. The van der Waals surface area contributed by atoms with E-state index in [1.165, 1.54) is 6.33 Å². The van der Waals surface area contributed by atoms with Crippen molar-refractivity contribution in [3.8, 4) is 23.2 Å². The summed E-state index contributed by atoms with van der Waals surface area (Å²) in [7, 11) is 0. The highest BCUT2D eigenvalue weighted by Gasteiger charge is 2.15. The van der Waals surface area contributed by atoms with E-state index in [-0.39, 0.29) is 6.90 Å². The van der Waals surface area contributed by atoms with Crippen molar-refractivity contribution in [3.63, 3.8) is 0 Å². The van der Waals surface area contributed by atoms with Crippen molar-refractivity contribution < 1.29 is 10.9 Å². The van der Waals surface area contributed by atoms with Crippen LogP contribution in [0.3, 0.4) is 0 Å². The van der Waals surface area contributed by atoms with E-state index in [4.69, 9.17) is 6.11 Å². The summed E-state index contributed by atoms with van der Waals surface area (Å²) in [4.78, 5) is 28.9. The maximum atomic E-state index is 11.8. The van der Waals surface area contributed by atoms with Crippen LogP contribution in [0.15, 0.2) is 48.9 Å². The summed E-state index contributed by atoms with van der Waals surface area (Å²) in [5.41, 5.74) is 2.65. The number of anilines is 2. The maximum absolute atomic E-state index is 11.8. The molecule has 0 fully saturated rings. The lowest BCUT2D eigenvalue weighted by Crippen LogP contribution is -2.33. The average Bonchev–Trinajstić information content (AvgIpc) is 2.77. The molecule has 8 heteroatoms. The van der Waals surface area contributed by atoms with E-state index in [0.717, 1.165) is 16.8 Å². The quantitative estimate of drug-likeness (QED) is 0.566. The predicted octanol–water partition coefficient (Wildman–Crippen LogP) is 4.12. The van der Waals surface area contributed by atoms with Gasteiger partial charge in [-0.15, -0.1) is 0 Å². The normalized spacial score (nSPS) is 11.0. The molecule has 32 heavy (non-hydrogen) atoms. The lowest BCUT2D eigenvalue weighted by molar-refractivity contribution is 0.0528. The standard InChI is InChI=1S/C24H26N6O2/c1-5-7-19-15-18(11-13-25-19)21-27-16-28-22(30-21)29-20-9-6-8-17(14-20)10-12-26-23(31)32-24(2,3)4/h6,8-9,11,13-16H,10,12H2,1-4H3,(H,26,31)(H,27,28,29,30)/i1D. The second-order valence-corrected chi connectivity index (χ2v) is 7.87. The molecule has 0 atom stereocenters. The molecule has 0 aliphatic carbocycles. The van der Waals surface area contributed by atoms with E-state index >= 15 is 0 Å². The number of rotatable bonds is 6. The smallest absolute Gasteiger partial charge is 0.407 e. The minimum absolute atomic E-state index is 0.0157. The SMILES string of the molecule is [2H]CC#Cc1cc(-c2ncnc(Nc3cccc(CCNC(=O)OC(C)(C)C)c3)n2)ccn1. The zero-order valence-electron chi connectivity index (χ0n) is 19.3. The Morgan fingerprint density at radius 3 is 2.88 bits per heavy atom. The minimum Gasteiger partial charge on any atom is -0.444 e. The minimum atomic E-state index is -0.523. The fraction of sp³-hybridized carbons (Fsp3) is 0.292.